The van der Waals surface area contributed by atoms with E-state index in [9.17, 15) is 5.11 Å². The Morgan fingerprint density at radius 1 is 1.56 bits per heavy atom. The van der Waals surface area contributed by atoms with Crippen molar-refractivity contribution in [3.8, 4) is 0 Å². The number of aromatic nitrogens is 2. The highest BCUT2D eigenvalue weighted by molar-refractivity contribution is 5.11. The third-order valence-corrected chi connectivity index (χ3v) is 3.73. The lowest BCUT2D eigenvalue weighted by Gasteiger charge is -2.26. The van der Waals surface area contributed by atoms with Gasteiger partial charge in [-0.2, -0.15) is 5.10 Å². The SMILES string of the molecule is CCc1cc(CC(O)C2CCCOC2)n(CC)n1. The predicted octanol–water partition coefficient (Wildman–Crippen LogP) is 1.80. The zero-order valence-electron chi connectivity index (χ0n) is 11.4. The van der Waals surface area contributed by atoms with Gasteiger partial charge in [-0.3, -0.25) is 4.68 Å². The molecule has 1 aliphatic heterocycles. The Kier molecular flexibility index (Phi) is 4.78. The average molecular weight is 252 g/mol. The van der Waals surface area contributed by atoms with Crippen LogP contribution in [0.3, 0.4) is 0 Å². The van der Waals surface area contributed by atoms with E-state index < -0.39 is 0 Å². The first-order chi connectivity index (χ1) is 8.74. The predicted molar refractivity (Wildman–Crippen MR) is 70.5 cm³/mol. The molecule has 0 bridgehead atoms. The first kappa shape index (κ1) is 13.6. The van der Waals surface area contributed by atoms with E-state index in [4.69, 9.17) is 4.74 Å². The highest BCUT2D eigenvalue weighted by Gasteiger charge is 2.23. The van der Waals surface area contributed by atoms with E-state index in [1.54, 1.807) is 0 Å². The molecule has 4 heteroatoms. The number of ether oxygens (including phenoxy) is 1. The minimum Gasteiger partial charge on any atom is -0.392 e. The lowest BCUT2D eigenvalue weighted by molar-refractivity contribution is -0.00912. The van der Waals surface area contributed by atoms with Gasteiger partial charge in [-0.15, -0.1) is 0 Å². The quantitative estimate of drug-likeness (QED) is 0.869. The van der Waals surface area contributed by atoms with Gasteiger partial charge in [0.1, 0.15) is 0 Å². The van der Waals surface area contributed by atoms with Crippen molar-refractivity contribution < 1.29 is 9.84 Å². The van der Waals surface area contributed by atoms with Crippen LogP contribution in [0, 0.1) is 5.92 Å². The monoisotopic (exact) mass is 252 g/mol. The molecule has 4 nitrogen and oxygen atoms in total. The van der Waals surface area contributed by atoms with Crippen LogP contribution in [0.5, 0.6) is 0 Å². The van der Waals surface area contributed by atoms with Crippen molar-refractivity contribution >= 4 is 0 Å². The molecular weight excluding hydrogens is 228 g/mol. The molecule has 1 N–H and O–H groups in total. The Morgan fingerprint density at radius 3 is 3.00 bits per heavy atom. The summed E-state index contributed by atoms with van der Waals surface area (Å²) in [7, 11) is 0. The summed E-state index contributed by atoms with van der Waals surface area (Å²) in [4.78, 5) is 0. The molecule has 0 spiro atoms. The first-order valence-corrected chi connectivity index (χ1v) is 7.06. The van der Waals surface area contributed by atoms with Crippen LogP contribution in [0.4, 0.5) is 0 Å². The van der Waals surface area contributed by atoms with Gasteiger partial charge in [0.05, 0.1) is 18.4 Å². The van der Waals surface area contributed by atoms with Crippen LogP contribution in [-0.2, 0) is 24.1 Å². The van der Waals surface area contributed by atoms with Crippen LogP contribution in [0.15, 0.2) is 6.07 Å². The fraction of sp³-hybridized carbons (Fsp3) is 0.786. The minimum absolute atomic E-state index is 0.282. The molecule has 102 valence electrons. The molecular formula is C14H24N2O2. The Balaban J connectivity index is 2.00. The molecule has 2 heterocycles. The second-order valence-corrected chi connectivity index (χ2v) is 5.05. The van der Waals surface area contributed by atoms with Crippen LogP contribution in [-0.4, -0.2) is 34.2 Å². The van der Waals surface area contributed by atoms with Crippen molar-refractivity contribution in [3.05, 3.63) is 17.5 Å². The number of aliphatic hydroxyl groups is 1. The van der Waals surface area contributed by atoms with E-state index in [-0.39, 0.29) is 12.0 Å². The van der Waals surface area contributed by atoms with Gasteiger partial charge in [0.2, 0.25) is 0 Å². The molecule has 1 aliphatic rings. The maximum atomic E-state index is 10.3. The molecule has 0 saturated carbocycles. The number of aliphatic hydroxyl groups excluding tert-OH is 1. The van der Waals surface area contributed by atoms with Gasteiger partial charge in [0.25, 0.3) is 0 Å². The number of hydrogen-bond donors (Lipinski definition) is 1. The summed E-state index contributed by atoms with van der Waals surface area (Å²) >= 11 is 0. The Morgan fingerprint density at radius 2 is 2.39 bits per heavy atom. The topological polar surface area (TPSA) is 47.3 Å². The van der Waals surface area contributed by atoms with Gasteiger partial charge in [-0.25, -0.2) is 0 Å². The zero-order valence-corrected chi connectivity index (χ0v) is 11.4. The summed E-state index contributed by atoms with van der Waals surface area (Å²) in [6, 6.07) is 2.12. The molecule has 18 heavy (non-hydrogen) atoms. The first-order valence-electron chi connectivity index (χ1n) is 7.06. The van der Waals surface area contributed by atoms with Crippen LogP contribution in [0.2, 0.25) is 0 Å². The molecule has 1 aromatic heterocycles. The van der Waals surface area contributed by atoms with E-state index in [2.05, 4.69) is 25.0 Å². The lowest BCUT2D eigenvalue weighted by Crippen LogP contribution is -2.31. The van der Waals surface area contributed by atoms with E-state index in [1.807, 2.05) is 4.68 Å². The van der Waals surface area contributed by atoms with Crippen LogP contribution < -0.4 is 0 Å². The summed E-state index contributed by atoms with van der Waals surface area (Å²) in [5.41, 5.74) is 2.26. The van der Waals surface area contributed by atoms with E-state index in [0.717, 1.165) is 43.8 Å². The smallest absolute Gasteiger partial charge is 0.0645 e. The van der Waals surface area contributed by atoms with Gasteiger partial charge in [0, 0.05) is 31.2 Å². The van der Waals surface area contributed by atoms with E-state index in [0.29, 0.717) is 13.0 Å². The molecule has 0 radical (unpaired) electrons. The zero-order chi connectivity index (χ0) is 13.0. The van der Waals surface area contributed by atoms with Crippen molar-refractivity contribution in [1.82, 2.24) is 9.78 Å². The van der Waals surface area contributed by atoms with Crippen molar-refractivity contribution in [2.24, 2.45) is 5.92 Å². The number of nitrogens with zero attached hydrogens (tertiary/aromatic N) is 2. The average Bonchev–Trinajstić information content (AvgIpc) is 2.82. The molecule has 2 rings (SSSR count). The normalized spacial score (nSPS) is 22.1. The fourth-order valence-electron chi connectivity index (χ4n) is 2.58. The Bertz CT molecular complexity index is 370. The van der Waals surface area contributed by atoms with Crippen molar-refractivity contribution in [2.75, 3.05) is 13.2 Å². The Hall–Kier alpha value is -0.870. The van der Waals surface area contributed by atoms with Crippen LogP contribution >= 0.6 is 0 Å². The minimum atomic E-state index is -0.308. The van der Waals surface area contributed by atoms with Gasteiger partial charge >= 0.3 is 0 Å². The van der Waals surface area contributed by atoms with E-state index >= 15 is 0 Å². The lowest BCUT2D eigenvalue weighted by atomic mass is 9.93. The van der Waals surface area contributed by atoms with Gasteiger partial charge in [0.15, 0.2) is 0 Å². The number of aryl methyl sites for hydroxylation is 2. The molecule has 0 aliphatic carbocycles. The third-order valence-electron chi connectivity index (χ3n) is 3.73. The molecule has 2 unspecified atom stereocenters. The number of rotatable bonds is 5. The summed E-state index contributed by atoms with van der Waals surface area (Å²) in [5, 5.41) is 14.8. The maximum Gasteiger partial charge on any atom is 0.0645 e. The van der Waals surface area contributed by atoms with Crippen molar-refractivity contribution in [2.45, 2.75) is 52.2 Å². The number of hydrogen-bond acceptors (Lipinski definition) is 3. The largest absolute Gasteiger partial charge is 0.392 e. The third kappa shape index (κ3) is 3.12. The maximum absolute atomic E-state index is 10.3. The molecule has 0 amide bonds. The second-order valence-electron chi connectivity index (χ2n) is 5.05. The Labute approximate surface area is 109 Å². The fourth-order valence-corrected chi connectivity index (χ4v) is 2.58. The summed E-state index contributed by atoms with van der Waals surface area (Å²) in [5.74, 6) is 0.282. The molecule has 1 saturated heterocycles. The highest BCUT2D eigenvalue weighted by Crippen LogP contribution is 2.20. The standard InChI is InChI=1S/C14H24N2O2/c1-3-12-8-13(16(4-2)15-12)9-14(17)11-6-5-7-18-10-11/h8,11,14,17H,3-7,9-10H2,1-2H3. The van der Waals surface area contributed by atoms with Crippen molar-refractivity contribution in [1.29, 1.82) is 0 Å². The van der Waals surface area contributed by atoms with Gasteiger partial charge < -0.3 is 9.84 Å². The van der Waals surface area contributed by atoms with E-state index in [1.165, 1.54) is 0 Å². The van der Waals surface area contributed by atoms with Crippen LogP contribution in [0.1, 0.15) is 38.1 Å². The molecule has 0 aromatic carbocycles. The molecule has 1 fully saturated rings. The summed E-state index contributed by atoms with van der Waals surface area (Å²) in [6.07, 6.45) is 3.46. The van der Waals surface area contributed by atoms with Crippen LogP contribution in [0.25, 0.3) is 0 Å². The molecule has 2 atom stereocenters. The van der Waals surface area contributed by atoms with Crippen molar-refractivity contribution in [3.63, 3.8) is 0 Å². The molecule has 1 aromatic rings. The summed E-state index contributed by atoms with van der Waals surface area (Å²) in [6.45, 7) is 6.60. The van der Waals surface area contributed by atoms with Gasteiger partial charge in [-0.1, -0.05) is 6.92 Å². The second kappa shape index (κ2) is 6.34. The highest BCUT2D eigenvalue weighted by atomic mass is 16.5. The summed E-state index contributed by atoms with van der Waals surface area (Å²) < 4.78 is 7.45. The van der Waals surface area contributed by atoms with Gasteiger partial charge in [-0.05, 0) is 32.3 Å².